The van der Waals surface area contributed by atoms with E-state index >= 15 is 0 Å². The monoisotopic (exact) mass is 410 g/mol. The molecule has 1 aromatic carbocycles. The van der Waals surface area contributed by atoms with Gasteiger partial charge in [-0.05, 0) is 39.0 Å². The molecule has 0 amide bonds. The van der Waals surface area contributed by atoms with Gasteiger partial charge in [0.15, 0.2) is 0 Å². The van der Waals surface area contributed by atoms with Crippen molar-refractivity contribution in [3.63, 3.8) is 0 Å². The number of nitrogens with zero attached hydrogens (tertiary/aromatic N) is 3. The molecule has 1 aliphatic rings. The number of aromatic nitrogens is 1. The van der Waals surface area contributed by atoms with Crippen LogP contribution in [0, 0.1) is 24.1 Å². The topological polar surface area (TPSA) is 84.3 Å². The highest BCUT2D eigenvalue weighted by Crippen LogP contribution is 2.41. The van der Waals surface area contributed by atoms with Crippen LogP contribution in [0.15, 0.2) is 46.6 Å². The Morgan fingerprint density at radius 3 is 2.63 bits per heavy atom. The highest BCUT2D eigenvalue weighted by atomic mass is 19.1. The van der Waals surface area contributed by atoms with Crippen LogP contribution < -0.4 is 16.0 Å². The summed E-state index contributed by atoms with van der Waals surface area (Å²) in [7, 11) is 0. The molecular weight excluding hydrogens is 383 g/mol. The summed E-state index contributed by atoms with van der Waals surface area (Å²) in [5.41, 5.74) is 6.95. The molecule has 2 heterocycles. The fraction of sp³-hybridized carbons (Fsp3) is 0.391. The molecule has 0 radical (unpaired) electrons. The van der Waals surface area contributed by atoms with Crippen molar-refractivity contribution in [3.05, 3.63) is 74.8 Å². The number of hydrogen-bond donors (Lipinski definition) is 1. The molecule has 1 aromatic heterocycles. The van der Waals surface area contributed by atoms with Gasteiger partial charge in [0.1, 0.15) is 23.2 Å². The number of aryl methyl sites for hydroxylation is 1. The first kappa shape index (κ1) is 21.6. The van der Waals surface area contributed by atoms with Crippen molar-refractivity contribution in [3.8, 4) is 11.8 Å². The quantitative estimate of drug-likeness (QED) is 0.758. The minimum absolute atomic E-state index is 0.0447. The van der Waals surface area contributed by atoms with Gasteiger partial charge in [0.25, 0.3) is 5.56 Å². The Hall–Kier alpha value is -3.11. The van der Waals surface area contributed by atoms with Crippen molar-refractivity contribution in [1.29, 1.82) is 5.26 Å². The molecule has 7 heteroatoms. The highest BCUT2D eigenvalue weighted by Gasteiger charge is 2.35. The molecule has 0 saturated carbocycles. The van der Waals surface area contributed by atoms with Gasteiger partial charge in [-0.3, -0.25) is 4.79 Å². The number of nitriles is 1. The minimum Gasteiger partial charge on any atom is -0.440 e. The lowest BCUT2D eigenvalue weighted by molar-refractivity contribution is 0.292. The maximum atomic E-state index is 14.7. The van der Waals surface area contributed by atoms with Crippen molar-refractivity contribution < 1.29 is 9.13 Å². The maximum absolute atomic E-state index is 14.7. The summed E-state index contributed by atoms with van der Waals surface area (Å²) in [4.78, 5) is 15.8. The molecule has 0 bridgehead atoms. The van der Waals surface area contributed by atoms with Crippen LogP contribution in [-0.2, 0) is 6.54 Å². The van der Waals surface area contributed by atoms with Gasteiger partial charge in [0.2, 0.25) is 5.88 Å². The normalized spacial score (nSPS) is 15.7. The zero-order valence-corrected chi connectivity index (χ0v) is 17.6. The van der Waals surface area contributed by atoms with E-state index in [9.17, 15) is 14.4 Å². The summed E-state index contributed by atoms with van der Waals surface area (Å²) in [5, 5.41) is 9.68. The molecule has 3 rings (SSSR count). The van der Waals surface area contributed by atoms with Crippen LogP contribution in [0.25, 0.3) is 0 Å². The molecule has 30 heavy (non-hydrogen) atoms. The maximum Gasteiger partial charge on any atom is 0.258 e. The smallest absolute Gasteiger partial charge is 0.258 e. The molecule has 1 aliphatic heterocycles. The second kappa shape index (κ2) is 9.14. The Morgan fingerprint density at radius 2 is 2.00 bits per heavy atom. The number of pyridine rings is 1. The standard InChI is InChI=1S/C23H27FN4O2/c1-4-27(5-2)11-8-12-28-15(3)13-19-21(23(28)29)20(17(14-25)22(26)30-19)16-9-6-7-10-18(16)24/h6-7,9-10,13,20H,4-5,8,11-12,26H2,1-3H3/t20-/m1/s1. The molecule has 0 aliphatic carbocycles. The highest BCUT2D eigenvalue weighted by molar-refractivity contribution is 5.55. The SMILES string of the molecule is CCN(CC)CCCn1c(C)cc2c(c1=O)[C@H](c1ccccc1F)C(C#N)=C(N)O2. The lowest BCUT2D eigenvalue weighted by Gasteiger charge is -2.27. The van der Waals surface area contributed by atoms with Crippen molar-refractivity contribution in [1.82, 2.24) is 9.47 Å². The van der Waals surface area contributed by atoms with Crippen LogP contribution in [0.1, 0.15) is 43.0 Å². The number of nitrogens with two attached hydrogens (primary N) is 1. The molecule has 0 fully saturated rings. The Labute approximate surface area is 176 Å². The lowest BCUT2D eigenvalue weighted by atomic mass is 9.83. The van der Waals surface area contributed by atoms with E-state index < -0.39 is 11.7 Å². The first-order valence-corrected chi connectivity index (χ1v) is 10.2. The molecule has 2 aromatic rings. The molecule has 0 unspecified atom stereocenters. The second-order valence-corrected chi connectivity index (χ2v) is 7.35. The predicted molar refractivity (Wildman–Crippen MR) is 114 cm³/mol. The van der Waals surface area contributed by atoms with Crippen molar-refractivity contribution in [2.75, 3.05) is 19.6 Å². The third-order valence-corrected chi connectivity index (χ3v) is 5.66. The fourth-order valence-corrected chi connectivity index (χ4v) is 3.98. The minimum atomic E-state index is -0.901. The molecule has 1 atom stereocenters. The van der Waals surface area contributed by atoms with Crippen molar-refractivity contribution in [2.45, 2.75) is 39.7 Å². The van der Waals surface area contributed by atoms with E-state index in [-0.39, 0.29) is 33.9 Å². The summed E-state index contributed by atoms with van der Waals surface area (Å²) in [6, 6.07) is 9.88. The average Bonchev–Trinajstić information content (AvgIpc) is 2.73. The van der Waals surface area contributed by atoms with Crippen molar-refractivity contribution >= 4 is 0 Å². The average molecular weight is 410 g/mol. The summed E-state index contributed by atoms with van der Waals surface area (Å²) < 4.78 is 21.9. The van der Waals surface area contributed by atoms with Gasteiger partial charge in [-0.1, -0.05) is 32.0 Å². The second-order valence-electron chi connectivity index (χ2n) is 7.35. The number of hydrogen-bond acceptors (Lipinski definition) is 5. The van der Waals surface area contributed by atoms with E-state index in [0.717, 1.165) is 31.7 Å². The van der Waals surface area contributed by atoms with E-state index in [1.165, 1.54) is 6.07 Å². The van der Waals surface area contributed by atoms with Gasteiger partial charge in [0.05, 0.1) is 11.5 Å². The number of allylic oxidation sites excluding steroid dienone is 1. The third-order valence-electron chi connectivity index (χ3n) is 5.66. The van der Waals surface area contributed by atoms with Gasteiger partial charge >= 0.3 is 0 Å². The van der Waals surface area contributed by atoms with Crippen molar-refractivity contribution in [2.24, 2.45) is 5.73 Å². The van der Waals surface area contributed by atoms with E-state index in [0.29, 0.717) is 6.54 Å². The molecule has 6 nitrogen and oxygen atoms in total. The third kappa shape index (κ3) is 3.96. The van der Waals surface area contributed by atoms with Gasteiger partial charge < -0.3 is 19.9 Å². The van der Waals surface area contributed by atoms with Gasteiger partial charge in [-0.25, -0.2) is 4.39 Å². The summed E-state index contributed by atoms with van der Waals surface area (Å²) in [5.74, 6) is -1.22. The zero-order chi connectivity index (χ0) is 21.8. The largest absolute Gasteiger partial charge is 0.440 e. The van der Waals surface area contributed by atoms with Crippen LogP contribution >= 0.6 is 0 Å². The number of halogens is 1. The van der Waals surface area contributed by atoms with Gasteiger partial charge in [-0.15, -0.1) is 0 Å². The Balaban J connectivity index is 2.09. The zero-order valence-electron chi connectivity index (χ0n) is 17.6. The fourth-order valence-electron chi connectivity index (χ4n) is 3.98. The summed E-state index contributed by atoms with van der Waals surface area (Å²) in [6.45, 7) is 9.35. The number of ether oxygens (including phenoxy) is 1. The van der Waals surface area contributed by atoms with Crippen LogP contribution in [0.4, 0.5) is 4.39 Å². The van der Waals surface area contributed by atoms with E-state index in [1.54, 1.807) is 28.8 Å². The van der Waals surface area contributed by atoms with E-state index in [4.69, 9.17) is 10.5 Å². The van der Waals surface area contributed by atoms with Crippen LogP contribution in [-0.4, -0.2) is 29.1 Å². The van der Waals surface area contributed by atoms with E-state index in [2.05, 4.69) is 18.7 Å². The van der Waals surface area contributed by atoms with E-state index in [1.807, 2.05) is 13.0 Å². The Bertz CT molecular complexity index is 1060. The Kier molecular flexibility index (Phi) is 6.58. The first-order valence-electron chi connectivity index (χ1n) is 10.2. The molecule has 0 saturated heterocycles. The molecule has 158 valence electrons. The predicted octanol–water partition coefficient (Wildman–Crippen LogP) is 3.25. The molecule has 0 spiro atoms. The number of fused-ring (bicyclic) bond motifs is 1. The van der Waals surface area contributed by atoms with Crippen LogP contribution in [0.5, 0.6) is 5.75 Å². The number of rotatable bonds is 7. The Morgan fingerprint density at radius 1 is 1.30 bits per heavy atom. The van der Waals surface area contributed by atoms with Crippen LogP contribution in [0.2, 0.25) is 0 Å². The molecular formula is C23H27FN4O2. The van der Waals surface area contributed by atoms with Gasteiger partial charge in [-0.2, -0.15) is 5.26 Å². The molecule has 2 N–H and O–H groups in total. The van der Waals surface area contributed by atoms with Crippen LogP contribution in [0.3, 0.4) is 0 Å². The number of benzene rings is 1. The van der Waals surface area contributed by atoms with Gasteiger partial charge in [0, 0.05) is 23.9 Å². The summed E-state index contributed by atoms with van der Waals surface area (Å²) in [6.07, 6.45) is 0.801. The first-order chi connectivity index (χ1) is 14.4. The summed E-state index contributed by atoms with van der Waals surface area (Å²) >= 11 is 0. The lowest BCUT2D eigenvalue weighted by Crippen LogP contribution is -2.34.